The zero-order valence-corrected chi connectivity index (χ0v) is 15.7. The van der Waals surface area contributed by atoms with Crippen LogP contribution in [0, 0.1) is 10.1 Å². The SMILES string of the molecule is CC(=O)OC(C)CN(CCOc1cnc(-c2ccc([N+](=O)[O-])o2)nc1)C(C)=O. The lowest BCUT2D eigenvalue weighted by molar-refractivity contribution is -0.401. The van der Waals surface area contributed by atoms with E-state index in [1.165, 1.54) is 43.3 Å². The van der Waals surface area contributed by atoms with Crippen LogP contribution in [-0.4, -0.2) is 57.5 Å². The summed E-state index contributed by atoms with van der Waals surface area (Å²) < 4.78 is 15.6. The number of aromatic nitrogens is 2. The smallest absolute Gasteiger partial charge is 0.433 e. The van der Waals surface area contributed by atoms with Crippen LogP contribution in [0.4, 0.5) is 5.88 Å². The predicted octanol–water partition coefficient (Wildman–Crippen LogP) is 1.82. The highest BCUT2D eigenvalue weighted by atomic mass is 16.6. The average molecular weight is 392 g/mol. The van der Waals surface area contributed by atoms with Gasteiger partial charge in [0.25, 0.3) is 0 Å². The van der Waals surface area contributed by atoms with E-state index in [9.17, 15) is 19.7 Å². The van der Waals surface area contributed by atoms with E-state index in [0.717, 1.165) is 0 Å². The summed E-state index contributed by atoms with van der Waals surface area (Å²) in [6.45, 7) is 5.15. The molecule has 0 aliphatic rings. The molecular formula is C17H20N4O7. The quantitative estimate of drug-likeness (QED) is 0.355. The molecule has 0 aliphatic carbocycles. The summed E-state index contributed by atoms with van der Waals surface area (Å²) in [5, 5.41) is 10.6. The summed E-state index contributed by atoms with van der Waals surface area (Å²) in [6.07, 6.45) is 2.37. The van der Waals surface area contributed by atoms with Crippen molar-refractivity contribution in [1.82, 2.24) is 14.9 Å². The average Bonchev–Trinajstić information content (AvgIpc) is 3.11. The summed E-state index contributed by atoms with van der Waals surface area (Å²) in [5.74, 6) is -0.269. The third-order valence-electron chi connectivity index (χ3n) is 3.54. The first-order valence-electron chi connectivity index (χ1n) is 8.38. The molecule has 0 bridgehead atoms. The molecule has 2 heterocycles. The summed E-state index contributed by atoms with van der Waals surface area (Å²) >= 11 is 0. The van der Waals surface area contributed by atoms with E-state index in [4.69, 9.17) is 13.9 Å². The fourth-order valence-electron chi connectivity index (χ4n) is 2.35. The van der Waals surface area contributed by atoms with Crippen LogP contribution in [0.15, 0.2) is 28.9 Å². The number of amides is 1. The fraction of sp³-hybridized carbons (Fsp3) is 0.412. The van der Waals surface area contributed by atoms with Gasteiger partial charge in [0.15, 0.2) is 17.3 Å². The number of hydrogen-bond donors (Lipinski definition) is 0. The van der Waals surface area contributed by atoms with E-state index in [1.807, 2.05) is 0 Å². The molecule has 0 spiro atoms. The third-order valence-corrected chi connectivity index (χ3v) is 3.54. The molecule has 0 saturated heterocycles. The van der Waals surface area contributed by atoms with Crippen LogP contribution >= 0.6 is 0 Å². The van der Waals surface area contributed by atoms with Crippen LogP contribution in [0.5, 0.6) is 5.75 Å². The molecule has 0 aromatic carbocycles. The van der Waals surface area contributed by atoms with Gasteiger partial charge < -0.3 is 18.8 Å². The van der Waals surface area contributed by atoms with Crippen molar-refractivity contribution in [2.75, 3.05) is 19.7 Å². The Balaban J connectivity index is 1.88. The molecule has 0 N–H and O–H groups in total. The van der Waals surface area contributed by atoms with Crippen LogP contribution in [0.3, 0.4) is 0 Å². The molecule has 0 aliphatic heterocycles. The van der Waals surface area contributed by atoms with Crippen molar-refractivity contribution < 1.29 is 28.4 Å². The number of furan rings is 1. The summed E-state index contributed by atoms with van der Waals surface area (Å²) in [6, 6.07) is 2.62. The molecule has 1 unspecified atom stereocenters. The molecule has 11 nitrogen and oxygen atoms in total. The Morgan fingerprint density at radius 2 is 1.96 bits per heavy atom. The van der Waals surface area contributed by atoms with Crippen molar-refractivity contribution in [3.8, 4) is 17.3 Å². The van der Waals surface area contributed by atoms with E-state index < -0.39 is 22.9 Å². The number of ether oxygens (including phenoxy) is 2. The molecule has 1 atom stereocenters. The van der Waals surface area contributed by atoms with Gasteiger partial charge in [-0.15, -0.1) is 0 Å². The Labute approximate surface area is 160 Å². The van der Waals surface area contributed by atoms with Crippen LogP contribution in [0.2, 0.25) is 0 Å². The number of hydrogen-bond acceptors (Lipinski definition) is 9. The first kappa shape index (κ1) is 20.8. The standard InChI is InChI=1S/C17H20N4O7/c1-11(27-13(3)23)10-20(12(2)22)6-7-26-14-8-18-17(19-9-14)15-4-5-16(28-15)21(24)25/h4-5,8-9,11H,6-7,10H2,1-3H3. The summed E-state index contributed by atoms with van der Waals surface area (Å²) in [4.78, 5) is 42.3. The molecule has 1 amide bonds. The second kappa shape index (κ2) is 9.44. The van der Waals surface area contributed by atoms with Gasteiger partial charge >= 0.3 is 11.9 Å². The van der Waals surface area contributed by atoms with Gasteiger partial charge in [0.05, 0.1) is 31.5 Å². The van der Waals surface area contributed by atoms with Gasteiger partial charge in [0, 0.05) is 13.8 Å². The van der Waals surface area contributed by atoms with Crippen molar-refractivity contribution >= 4 is 17.8 Å². The minimum absolute atomic E-state index is 0.167. The third kappa shape index (κ3) is 6.04. The second-order valence-corrected chi connectivity index (χ2v) is 5.87. The number of carbonyl (C=O) groups is 2. The van der Waals surface area contributed by atoms with Crippen LogP contribution in [0.25, 0.3) is 11.6 Å². The first-order valence-corrected chi connectivity index (χ1v) is 8.38. The lowest BCUT2D eigenvalue weighted by atomic mass is 10.3. The molecule has 11 heteroatoms. The number of carbonyl (C=O) groups excluding carboxylic acids is 2. The Hall–Kier alpha value is -3.50. The minimum Gasteiger partial charge on any atom is -0.489 e. The van der Waals surface area contributed by atoms with Crippen molar-refractivity contribution in [3.05, 3.63) is 34.6 Å². The second-order valence-electron chi connectivity index (χ2n) is 5.87. The van der Waals surface area contributed by atoms with Gasteiger partial charge in [-0.05, 0) is 13.0 Å². The van der Waals surface area contributed by atoms with Crippen molar-refractivity contribution in [1.29, 1.82) is 0 Å². The van der Waals surface area contributed by atoms with Gasteiger partial charge in [-0.1, -0.05) is 0 Å². The molecule has 2 aromatic heterocycles. The number of nitrogens with zero attached hydrogens (tertiary/aromatic N) is 4. The van der Waals surface area contributed by atoms with Gasteiger partial charge in [0.1, 0.15) is 17.6 Å². The zero-order valence-electron chi connectivity index (χ0n) is 15.7. The molecular weight excluding hydrogens is 372 g/mol. The largest absolute Gasteiger partial charge is 0.489 e. The van der Waals surface area contributed by atoms with Gasteiger partial charge in [-0.2, -0.15) is 0 Å². The zero-order chi connectivity index (χ0) is 20.7. The summed E-state index contributed by atoms with van der Waals surface area (Å²) in [5.41, 5.74) is 0. The Kier molecular flexibility index (Phi) is 7.02. The molecule has 0 fully saturated rings. The van der Waals surface area contributed by atoms with E-state index in [0.29, 0.717) is 5.75 Å². The molecule has 150 valence electrons. The van der Waals surface area contributed by atoms with Crippen molar-refractivity contribution in [3.63, 3.8) is 0 Å². The highest BCUT2D eigenvalue weighted by Crippen LogP contribution is 2.23. The predicted molar refractivity (Wildman–Crippen MR) is 95.4 cm³/mol. The maximum atomic E-state index is 11.7. The maximum absolute atomic E-state index is 11.7. The van der Waals surface area contributed by atoms with E-state index in [-0.39, 0.29) is 37.2 Å². The molecule has 0 saturated carbocycles. The number of nitro groups is 1. The van der Waals surface area contributed by atoms with Crippen LogP contribution in [-0.2, 0) is 14.3 Å². The highest BCUT2D eigenvalue weighted by Gasteiger charge is 2.16. The molecule has 2 aromatic rings. The maximum Gasteiger partial charge on any atom is 0.433 e. The van der Waals surface area contributed by atoms with E-state index in [2.05, 4.69) is 9.97 Å². The number of esters is 1. The van der Waals surface area contributed by atoms with Crippen LogP contribution < -0.4 is 4.74 Å². The van der Waals surface area contributed by atoms with Gasteiger partial charge in [0.2, 0.25) is 5.91 Å². The van der Waals surface area contributed by atoms with E-state index >= 15 is 0 Å². The lowest BCUT2D eigenvalue weighted by Crippen LogP contribution is -2.39. The Morgan fingerprint density at radius 3 is 2.50 bits per heavy atom. The lowest BCUT2D eigenvalue weighted by Gasteiger charge is -2.24. The topological polar surface area (TPSA) is 138 Å². The Bertz CT molecular complexity index is 834. The fourth-order valence-corrected chi connectivity index (χ4v) is 2.35. The number of rotatable bonds is 9. The normalized spacial score (nSPS) is 11.5. The summed E-state index contributed by atoms with van der Waals surface area (Å²) in [7, 11) is 0. The molecule has 0 radical (unpaired) electrons. The van der Waals surface area contributed by atoms with Crippen LogP contribution in [0.1, 0.15) is 20.8 Å². The van der Waals surface area contributed by atoms with Crippen molar-refractivity contribution in [2.45, 2.75) is 26.9 Å². The Morgan fingerprint density at radius 1 is 1.29 bits per heavy atom. The monoisotopic (exact) mass is 392 g/mol. The van der Waals surface area contributed by atoms with Crippen molar-refractivity contribution in [2.24, 2.45) is 0 Å². The van der Waals surface area contributed by atoms with Gasteiger partial charge in [-0.25, -0.2) is 9.97 Å². The molecule has 28 heavy (non-hydrogen) atoms. The first-order chi connectivity index (χ1) is 13.3. The van der Waals surface area contributed by atoms with E-state index in [1.54, 1.807) is 6.92 Å². The van der Waals surface area contributed by atoms with Gasteiger partial charge in [-0.3, -0.25) is 19.7 Å². The minimum atomic E-state index is -0.649. The highest BCUT2D eigenvalue weighted by molar-refractivity contribution is 5.73. The molecule has 2 rings (SSSR count).